The number of allylic oxidation sites excluding steroid dienone is 1. The second-order valence-electron chi connectivity index (χ2n) is 10.5. The van der Waals surface area contributed by atoms with Gasteiger partial charge < -0.3 is 10.1 Å². The van der Waals surface area contributed by atoms with Crippen molar-refractivity contribution in [2.45, 2.75) is 57.6 Å². The molecule has 2 unspecified atom stereocenters. The number of nitrogens with one attached hydrogen (secondary N) is 2. The first-order valence-corrected chi connectivity index (χ1v) is 13.7. The van der Waals surface area contributed by atoms with Crippen LogP contribution >= 0.6 is 0 Å². The van der Waals surface area contributed by atoms with E-state index in [9.17, 15) is 19.2 Å². The summed E-state index contributed by atoms with van der Waals surface area (Å²) in [4.78, 5) is 53.7. The molecule has 1 aliphatic carbocycles. The smallest absolute Gasteiger partial charge is 0.264 e. The van der Waals surface area contributed by atoms with Crippen molar-refractivity contribution in [2.24, 2.45) is 5.92 Å². The third-order valence-electron chi connectivity index (χ3n) is 7.79. The van der Waals surface area contributed by atoms with Gasteiger partial charge in [0.1, 0.15) is 6.04 Å². The van der Waals surface area contributed by atoms with E-state index in [1.807, 2.05) is 0 Å². The molecule has 4 aliphatic rings. The SMILES string of the molecule is CCCOC1CCN(CC2=CCC(CNc3cccc4c3C(=O)N(C3CCC(=O)NC3=O)C4=O)C=C2)CC1. The van der Waals surface area contributed by atoms with Crippen molar-refractivity contribution >= 4 is 29.3 Å². The molecule has 9 heteroatoms. The van der Waals surface area contributed by atoms with Crippen molar-refractivity contribution in [3.63, 3.8) is 0 Å². The summed E-state index contributed by atoms with van der Waals surface area (Å²) in [5, 5.41) is 5.60. The van der Waals surface area contributed by atoms with E-state index in [2.05, 4.69) is 40.7 Å². The number of anilines is 1. The number of carbonyl (C=O) groups excluding carboxylic acids is 4. The number of nitrogens with zero attached hydrogens (tertiary/aromatic N) is 2. The van der Waals surface area contributed by atoms with E-state index in [4.69, 9.17) is 4.74 Å². The van der Waals surface area contributed by atoms with Crippen LogP contribution in [0.3, 0.4) is 0 Å². The van der Waals surface area contributed by atoms with Crippen LogP contribution < -0.4 is 10.6 Å². The maximum absolute atomic E-state index is 13.3. The third kappa shape index (κ3) is 5.59. The average molecular weight is 521 g/mol. The monoisotopic (exact) mass is 520 g/mol. The number of likely N-dealkylation sites (tertiary alicyclic amines) is 1. The molecule has 1 aromatic rings. The van der Waals surface area contributed by atoms with E-state index >= 15 is 0 Å². The number of hydrogen-bond donors (Lipinski definition) is 2. The molecule has 202 valence electrons. The summed E-state index contributed by atoms with van der Waals surface area (Å²) in [6.45, 7) is 6.69. The van der Waals surface area contributed by atoms with Gasteiger partial charge in [-0.05, 0) is 55.7 Å². The molecule has 0 saturated carbocycles. The van der Waals surface area contributed by atoms with Gasteiger partial charge in [0, 0.05) is 44.9 Å². The lowest BCUT2D eigenvalue weighted by Crippen LogP contribution is -2.54. The highest BCUT2D eigenvalue weighted by atomic mass is 16.5. The molecule has 4 amide bonds. The zero-order chi connectivity index (χ0) is 26.6. The second-order valence-corrected chi connectivity index (χ2v) is 10.5. The summed E-state index contributed by atoms with van der Waals surface area (Å²) in [5.41, 5.74) is 2.50. The first-order chi connectivity index (χ1) is 18.4. The van der Waals surface area contributed by atoms with Crippen LogP contribution in [0.5, 0.6) is 0 Å². The fourth-order valence-corrected chi connectivity index (χ4v) is 5.66. The summed E-state index contributed by atoms with van der Waals surface area (Å²) in [6, 6.07) is 4.18. The van der Waals surface area contributed by atoms with Gasteiger partial charge in [-0.2, -0.15) is 0 Å². The molecule has 38 heavy (non-hydrogen) atoms. The zero-order valence-corrected chi connectivity index (χ0v) is 21.9. The summed E-state index contributed by atoms with van der Waals surface area (Å²) in [7, 11) is 0. The summed E-state index contributed by atoms with van der Waals surface area (Å²) >= 11 is 0. The van der Waals surface area contributed by atoms with E-state index in [0.29, 0.717) is 23.9 Å². The standard InChI is InChI=1S/C29H36N4O5/c1-2-16-38-21-12-14-32(15-13-21)18-20-8-6-19(7-9-20)17-30-23-5-3-4-22-26(23)29(37)33(28(22)36)24-10-11-25(34)31-27(24)35/h3-6,8-9,19,21,24,30H,2,7,10-18H2,1H3,(H,31,34,35). The van der Waals surface area contributed by atoms with Gasteiger partial charge in [-0.15, -0.1) is 0 Å². The first kappa shape index (κ1) is 26.3. The zero-order valence-electron chi connectivity index (χ0n) is 21.9. The highest BCUT2D eigenvalue weighted by Crippen LogP contribution is 2.33. The topological polar surface area (TPSA) is 108 Å². The van der Waals surface area contributed by atoms with E-state index in [1.54, 1.807) is 18.2 Å². The lowest BCUT2D eigenvalue weighted by Gasteiger charge is -2.32. The number of ether oxygens (including phenoxy) is 1. The minimum atomic E-state index is -0.965. The second kappa shape index (κ2) is 11.6. The number of benzene rings is 1. The van der Waals surface area contributed by atoms with Gasteiger partial charge >= 0.3 is 0 Å². The van der Waals surface area contributed by atoms with Gasteiger partial charge in [0.05, 0.1) is 17.2 Å². The Hall–Kier alpha value is -3.30. The van der Waals surface area contributed by atoms with Gasteiger partial charge in [0.2, 0.25) is 11.8 Å². The Morgan fingerprint density at radius 2 is 1.89 bits per heavy atom. The van der Waals surface area contributed by atoms with E-state index in [0.717, 1.165) is 56.8 Å². The maximum atomic E-state index is 13.3. The molecule has 9 nitrogen and oxygen atoms in total. The van der Waals surface area contributed by atoms with Crippen LogP contribution in [0.1, 0.15) is 66.2 Å². The van der Waals surface area contributed by atoms with E-state index < -0.39 is 23.8 Å². The van der Waals surface area contributed by atoms with Gasteiger partial charge in [0.15, 0.2) is 0 Å². The number of imide groups is 2. The molecule has 0 aromatic heterocycles. The molecular weight excluding hydrogens is 484 g/mol. The number of rotatable bonds is 9. The molecule has 3 aliphatic heterocycles. The van der Waals surface area contributed by atoms with Crippen molar-refractivity contribution in [2.75, 3.05) is 38.1 Å². The van der Waals surface area contributed by atoms with Crippen LogP contribution in [0, 0.1) is 5.92 Å². The normalized spacial score (nSPS) is 24.4. The van der Waals surface area contributed by atoms with Crippen molar-refractivity contribution < 1.29 is 23.9 Å². The highest BCUT2D eigenvalue weighted by molar-refractivity contribution is 6.25. The lowest BCUT2D eigenvalue weighted by molar-refractivity contribution is -0.136. The molecule has 2 fully saturated rings. The molecule has 0 bridgehead atoms. The minimum absolute atomic E-state index is 0.101. The minimum Gasteiger partial charge on any atom is -0.384 e. The van der Waals surface area contributed by atoms with Gasteiger partial charge in [-0.25, -0.2) is 0 Å². The van der Waals surface area contributed by atoms with Crippen LogP contribution in [0.4, 0.5) is 5.69 Å². The fourth-order valence-electron chi connectivity index (χ4n) is 5.66. The van der Waals surface area contributed by atoms with Crippen LogP contribution in [-0.4, -0.2) is 78.4 Å². The summed E-state index contributed by atoms with van der Waals surface area (Å²) in [5.74, 6) is -1.71. The molecule has 3 heterocycles. The predicted octanol–water partition coefficient (Wildman–Crippen LogP) is 2.89. The maximum Gasteiger partial charge on any atom is 0.264 e. The molecule has 2 N–H and O–H groups in total. The van der Waals surface area contributed by atoms with Gasteiger partial charge in [0.25, 0.3) is 11.8 Å². The first-order valence-electron chi connectivity index (χ1n) is 13.7. The fraction of sp³-hybridized carbons (Fsp3) is 0.517. The molecule has 2 atom stereocenters. The Morgan fingerprint density at radius 1 is 1.08 bits per heavy atom. The van der Waals surface area contributed by atoms with Gasteiger partial charge in [-0.3, -0.25) is 34.3 Å². The molecule has 2 saturated heterocycles. The lowest BCUT2D eigenvalue weighted by atomic mass is 9.95. The molecule has 0 radical (unpaired) electrons. The average Bonchev–Trinajstić information content (AvgIpc) is 3.18. The van der Waals surface area contributed by atoms with Crippen molar-refractivity contribution in [3.05, 3.63) is 53.1 Å². The molecule has 0 spiro atoms. The van der Waals surface area contributed by atoms with Crippen LogP contribution in [0.2, 0.25) is 0 Å². The molecule has 5 rings (SSSR count). The largest absolute Gasteiger partial charge is 0.384 e. The Balaban J connectivity index is 1.15. The Labute approximate surface area is 223 Å². The predicted molar refractivity (Wildman–Crippen MR) is 143 cm³/mol. The Kier molecular flexibility index (Phi) is 8.04. The van der Waals surface area contributed by atoms with E-state index in [-0.39, 0.29) is 30.2 Å². The highest BCUT2D eigenvalue weighted by Gasteiger charge is 2.45. The van der Waals surface area contributed by atoms with E-state index in [1.165, 1.54) is 5.57 Å². The van der Waals surface area contributed by atoms with Crippen molar-refractivity contribution in [1.82, 2.24) is 15.1 Å². The van der Waals surface area contributed by atoms with Crippen LogP contribution in [0.15, 0.2) is 42.0 Å². The Morgan fingerprint density at radius 3 is 2.61 bits per heavy atom. The van der Waals surface area contributed by atoms with Crippen LogP contribution in [-0.2, 0) is 14.3 Å². The van der Waals surface area contributed by atoms with Crippen molar-refractivity contribution in [3.8, 4) is 0 Å². The van der Waals surface area contributed by atoms with Crippen LogP contribution in [0.25, 0.3) is 0 Å². The quantitative estimate of drug-likeness (QED) is 0.482. The number of fused-ring (bicyclic) bond motifs is 1. The number of piperidine rings is 2. The van der Waals surface area contributed by atoms with Crippen molar-refractivity contribution in [1.29, 1.82) is 0 Å². The number of amides is 4. The number of carbonyl (C=O) groups is 4. The molecular formula is C29H36N4O5. The summed E-state index contributed by atoms with van der Waals surface area (Å²) in [6.07, 6.45) is 11.5. The third-order valence-corrected chi connectivity index (χ3v) is 7.79. The number of hydrogen-bond acceptors (Lipinski definition) is 7. The molecule has 1 aromatic carbocycles. The summed E-state index contributed by atoms with van der Waals surface area (Å²) < 4.78 is 5.90. The van der Waals surface area contributed by atoms with Gasteiger partial charge in [-0.1, -0.05) is 31.2 Å². The Bertz CT molecular complexity index is 1170.